The third-order valence-corrected chi connectivity index (χ3v) is 4.24. The molecule has 2 aromatic carbocycles. The van der Waals surface area contributed by atoms with E-state index in [9.17, 15) is 9.18 Å². The number of hydrogen-bond donors (Lipinski definition) is 1. The van der Waals surface area contributed by atoms with Crippen LogP contribution in [-0.2, 0) is 0 Å². The molecule has 0 aliphatic heterocycles. The predicted octanol–water partition coefficient (Wildman–Crippen LogP) is 4.95. The highest BCUT2D eigenvalue weighted by Crippen LogP contribution is 2.28. The summed E-state index contributed by atoms with van der Waals surface area (Å²) in [6, 6.07) is 12.0. The van der Waals surface area contributed by atoms with Crippen molar-refractivity contribution in [1.82, 2.24) is 0 Å². The molecule has 0 saturated heterocycles. The molecule has 0 bridgehead atoms. The summed E-state index contributed by atoms with van der Waals surface area (Å²) in [4.78, 5) is 13.2. The first-order valence-corrected chi connectivity index (χ1v) is 7.88. The maximum Gasteiger partial charge on any atom is 0.259 e. The van der Waals surface area contributed by atoms with Gasteiger partial charge in [-0.2, -0.15) is 0 Å². The number of carbonyl (C=O) groups is 1. The average Bonchev–Trinajstić information content (AvgIpc) is 2.41. The second kappa shape index (κ2) is 6.90. The Morgan fingerprint density at radius 3 is 2.70 bits per heavy atom. The molecule has 5 heteroatoms. The van der Waals surface area contributed by atoms with Gasteiger partial charge in [0.1, 0.15) is 5.82 Å². The molecule has 0 aliphatic carbocycles. The molecule has 0 aliphatic rings. The van der Waals surface area contributed by atoms with E-state index in [4.69, 9.17) is 0 Å². The van der Waals surface area contributed by atoms with E-state index in [2.05, 4.69) is 21.2 Å². The SMILES string of the molecule is CCSc1ccccc1NC(=O)c1c(F)cccc1Br. The first-order chi connectivity index (χ1) is 9.63. The molecule has 1 amide bonds. The van der Waals surface area contributed by atoms with E-state index in [1.807, 2.05) is 31.2 Å². The van der Waals surface area contributed by atoms with Crippen molar-refractivity contribution in [2.24, 2.45) is 0 Å². The molecule has 1 N–H and O–H groups in total. The van der Waals surface area contributed by atoms with Crippen LogP contribution in [0.25, 0.3) is 0 Å². The lowest BCUT2D eigenvalue weighted by atomic mass is 10.2. The molecule has 0 fully saturated rings. The van der Waals surface area contributed by atoms with Gasteiger partial charge in [0.2, 0.25) is 0 Å². The highest BCUT2D eigenvalue weighted by Gasteiger charge is 2.16. The Balaban J connectivity index is 2.28. The molecule has 0 spiro atoms. The Morgan fingerprint density at radius 2 is 2.00 bits per heavy atom. The second-order valence-corrected chi connectivity index (χ2v) is 6.14. The Kier molecular flexibility index (Phi) is 5.20. The fourth-order valence-electron chi connectivity index (χ4n) is 1.75. The number of thioether (sulfide) groups is 1. The number of carbonyl (C=O) groups excluding carboxylic acids is 1. The molecule has 104 valence electrons. The van der Waals surface area contributed by atoms with E-state index >= 15 is 0 Å². The Morgan fingerprint density at radius 1 is 1.25 bits per heavy atom. The standard InChI is InChI=1S/C15H13BrFNOS/c1-2-20-13-9-4-3-8-12(13)18-15(19)14-10(16)6-5-7-11(14)17/h3-9H,2H2,1H3,(H,18,19). The van der Waals surface area contributed by atoms with Gasteiger partial charge in [-0.3, -0.25) is 4.79 Å². The molecule has 0 unspecified atom stereocenters. The van der Waals surface area contributed by atoms with Crippen molar-refractivity contribution in [2.45, 2.75) is 11.8 Å². The van der Waals surface area contributed by atoms with Crippen LogP contribution in [0, 0.1) is 5.82 Å². The van der Waals surface area contributed by atoms with E-state index in [-0.39, 0.29) is 5.56 Å². The van der Waals surface area contributed by atoms with Crippen LogP contribution in [-0.4, -0.2) is 11.7 Å². The van der Waals surface area contributed by atoms with Gasteiger partial charge < -0.3 is 5.32 Å². The third kappa shape index (κ3) is 3.41. The molecule has 2 rings (SSSR count). The minimum atomic E-state index is -0.544. The first kappa shape index (κ1) is 15.1. The molecule has 0 saturated carbocycles. The largest absolute Gasteiger partial charge is 0.321 e. The topological polar surface area (TPSA) is 29.1 Å². The van der Waals surface area contributed by atoms with Crippen molar-refractivity contribution in [3.63, 3.8) is 0 Å². The molecule has 0 radical (unpaired) electrons. The number of hydrogen-bond acceptors (Lipinski definition) is 2. The average molecular weight is 354 g/mol. The molecule has 0 aromatic heterocycles. The summed E-state index contributed by atoms with van der Waals surface area (Å²) in [5, 5.41) is 2.76. The van der Waals surface area contributed by atoms with Gasteiger partial charge in [0.15, 0.2) is 0 Å². The normalized spacial score (nSPS) is 10.3. The summed E-state index contributed by atoms with van der Waals surface area (Å²) < 4.78 is 14.2. The van der Waals surface area contributed by atoms with Gasteiger partial charge in [-0.25, -0.2) is 4.39 Å². The summed E-state index contributed by atoms with van der Waals surface area (Å²) >= 11 is 4.83. The van der Waals surface area contributed by atoms with Gasteiger partial charge in [0.05, 0.1) is 11.3 Å². The highest BCUT2D eigenvalue weighted by atomic mass is 79.9. The molecule has 0 atom stereocenters. The van der Waals surface area contributed by atoms with Crippen LogP contribution < -0.4 is 5.32 Å². The van der Waals surface area contributed by atoms with E-state index in [0.717, 1.165) is 10.6 Å². The predicted molar refractivity (Wildman–Crippen MR) is 84.9 cm³/mol. The van der Waals surface area contributed by atoms with E-state index in [0.29, 0.717) is 10.2 Å². The lowest BCUT2D eigenvalue weighted by Gasteiger charge is -2.11. The number of amides is 1. The Hall–Kier alpha value is -1.33. The number of anilines is 1. The number of benzene rings is 2. The molecule has 20 heavy (non-hydrogen) atoms. The summed E-state index contributed by atoms with van der Waals surface area (Å²) in [5.41, 5.74) is 0.711. The monoisotopic (exact) mass is 353 g/mol. The van der Waals surface area contributed by atoms with E-state index in [1.165, 1.54) is 6.07 Å². The lowest BCUT2D eigenvalue weighted by Crippen LogP contribution is -2.15. The second-order valence-electron chi connectivity index (χ2n) is 3.98. The fourth-order valence-corrected chi connectivity index (χ4v) is 3.03. The zero-order valence-corrected chi connectivity index (χ0v) is 13.2. The van der Waals surface area contributed by atoms with Gasteiger partial charge >= 0.3 is 0 Å². The van der Waals surface area contributed by atoms with Crippen LogP contribution >= 0.6 is 27.7 Å². The van der Waals surface area contributed by atoms with Crippen LogP contribution in [0.1, 0.15) is 17.3 Å². The van der Waals surface area contributed by atoms with Gasteiger partial charge in [-0.05, 0) is 45.9 Å². The maximum absolute atomic E-state index is 13.8. The van der Waals surface area contributed by atoms with Crippen LogP contribution in [0.5, 0.6) is 0 Å². The van der Waals surface area contributed by atoms with Crippen molar-refractivity contribution in [3.05, 3.63) is 58.3 Å². The van der Waals surface area contributed by atoms with Gasteiger partial charge in [0, 0.05) is 9.37 Å². The van der Waals surface area contributed by atoms with Crippen LogP contribution in [0.4, 0.5) is 10.1 Å². The first-order valence-electron chi connectivity index (χ1n) is 6.10. The van der Waals surface area contributed by atoms with Crippen molar-refractivity contribution in [2.75, 3.05) is 11.1 Å². The van der Waals surface area contributed by atoms with Gasteiger partial charge in [0.25, 0.3) is 5.91 Å². The fraction of sp³-hybridized carbons (Fsp3) is 0.133. The number of halogens is 2. The van der Waals surface area contributed by atoms with Crippen molar-refractivity contribution in [3.8, 4) is 0 Å². The van der Waals surface area contributed by atoms with Gasteiger partial charge in [-0.15, -0.1) is 11.8 Å². The molecule has 2 aromatic rings. The summed E-state index contributed by atoms with van der Waals surface area (Å²) in [6.07, 6.45) is 0. The quantitative estimate of drug-likeness (QED) is 0.787. The summed E-state index contributed by atoms with van der Waals surface area (Å²) in [7, 11) is 0. The maximum atomic E-state index is 13.8. The molecular formula is C15H13BrFNOS. The summed E-state index contributed by atoms with van der Waals surface area (Å²) in [5.74, 6) is -0.104. The van der Waals surface area contributed by atoms with Crippen LogP contribution in [0.3, 0.4) is 0 Å². The van der Waals surface area contributed by atoms with Crippen molar-refractivity contribution in [1.29, 1.82) is 0 Å². The minimum absolute atomic E-state index is 0.0174. The molecule has 2 nitrogen and oxygen atoms in total. The van der Waals surface area contributed by atoms with Gasteiger partial charge in [-0.1, -0.05) is 25.1 Å². The van der Waals surface area contributed by atoms with E-state index in [1.54, 1.807) is 23.9 Å². The Labute approximate surface area is 129 Å². The molecular weight excluding hydrogens is 341 g/mol. The third-order valence-electron chi connectivity index (χ3n) is 2.62. The number of nitrogens with one attached hydrogen (secondary N) is 1. The van der Waals surface area contributed by atoms with Crippen molar-refractivity contribution >= 4 is 39.3 Å². The smallest absolute Gasteiger partial charge is 0.259 e. The van der Waals surface area contributed by atoms with Crippen molar-refractivity contribution < 1.29 is 9.18 Å². The van der Waals surface area contributed by atoms with Crippen LogP contribution in [0.15, 0.2) is 51.8 Å². The zero-order chi connectivity index (χ0) is 14.5. The minimum Gasteiger partial charge on any atom is -0.321 e. The number of para-hydroxylation sites is 1. The summed E-state index contributed by atoms with van der Waals surface area (Å²) in [6.45, 7) is 2.04. The van der Waals surface area contributed by atoms with Crippen LogP contribution in [0.2, 0.25) is 0 Å². The number of rotatable bonds is 4. The lowest BCUT2D eigenvalue weighted by molar-refractivity contribution is 0.102. The zero-order valence-electron chi connectivity index (χ0n) is 10.8. The van der Waals surface area contributed by atoms with E-state index < -0.39 is 11.7 Å². The Bertz CT molecular complexity index is 613. The molecule has 0 heterocycles. The highest BCUT2D eigenvalue weighted by molar-refractivity contribution is 9.10.